The fourth-order valence-electron chi connectivity index (χ4n) is 5.23. The Balaban J connectivity index is 2.33. The molecule has 0 aliphatic heterocycles. The molecule has 2 atom stereocenters. The summed E-state index contributed by atoms with van der Waals surface area (Å²) in [7, 11) is -2.04. The first-order valence-electron chi connectivity index (χ1n) is 10.5. The quantitative estimate of drug-likeness (QED) is 0.524. The van der Waals surface area contributed by atoms with E-state index in [0.29, 0.717) is 35.0 Å². The molecule has 0 aromatic heterocycles. The van der Waals surface area contributed by atoms with Gasteiger partial charge in [-0.25, -0.2) is 0 Å². The maximum absolute atomic E-state index is 13.2. The van der Waals surface area contributed by atoms with Crippen molar-refractivity contribution < 1.29 is 14.0 Å². The molecule has 4 heteroatoms. The van der Waals surface area contributed by atoms with Gasteiger partial charge in [0.1, 0.15) is 0 Å². The SMILES string of the molecule is CC(C)[Si](OC1=CC[C@@H]2C(=O)C=C(C(C)(C)C)C(=O)[C@@H]2C1)(C(C)C)C(C)C. The molecule has 3 nitrogen and oxygen atoms in total. The Morgan fingerprint density at radius 3 is 1.93 bits per heavy atom. The minimum atomic E-state index is -2.04. The highest BCUT2D eigenvalue weighted by Gasteiger charge is 2.49. The van der Waals surface area contributed by atoms with Gasteiger partial charge >= 0.3 is 0 Å². The molecule has 0 N–H and O–H groups in total. The van der Waals surface area contributed by atoms with Gasteiger partial charge in [0, 0.05) is 23.8 Å². The second kappa shape index (κ2) is 7.69. The van der Waals surface area contributed by atoms with Crippen molar-refractivity contribution in [1.82, 2.24) is 0 Å². The molecule has 0 aromatic rings. The maximum Gasteiger partial charge on any atom is 0.258 e. The van der Waals surface area contributed by atoms with E-state index in [1.165, 1.54) is 0 Å². The van der Waals surface area contributed by atoms with Crippen molar-refractivity contribution in [2.75, 3.05) is 0 Å². The van der Waals surface area contributed by atoms with Crippen LogP contribution in [0, 0.1) is 17.3 Å². The summed E-state index contributed by atoms with van der Waals surface area (Å²) in [6.07, 6.45) is 4.90. The molecule has 0 fully saturated rings. The first-order chi connectivity index (χ1) is 12.3. The highest BCUT2D eigenvalue weighted by molar-refractivity contribution is 6.77. The Kier molecular flexibility index (Phi) is 6.30. The van der Waals surface area contributed by atoms with Crippen molar-refractivity contribution in [1.29, 1.82) is 0 Å². The third kappa shape index (κ3) is 4.01. The summed E-state index contributed by atoms with van der Waals surface area (Å²) in [6.45, 7) is 19.7. The molecule has 0 amide bonds. The molecule has 152 valence electrons. The van der Waals surface area contributed by atoms with Crippen LogP contribution in [-0.2, 0) is 14.0 Å². The number of carbonyl (C=O) groups is 2. The summed E-state index contributed by atoms with van der Waals surface area (Å²) in [5.74, 6) is 0.751. The molecule has 0 saturated carbocycles. The van der Waals surface area contributed by atoms with Crippen LogP contribution in [0.4, 0.5) is 0 Å². The second-order valence-electron chi connectivity index (χ2n) is 10.3. The van der Waals surface area contributed by atoms with Crippen LogP contribution < -0.4 is 0 Å². The van der Waals surface area contributed by atoms with E-state index in [1.807, 2.05) is 20.8 Å². The van der Waals surface area contributed by atoms with E-state index >= 15 is 0 Å². The zero-order valence-electron chi connectivity index (χ0n) is 18.7. The molecule has 0 aromatic carbocycles. The third-order valence-corrected chi connectivity index (χ3v) is 12.6. The number of carbonyl (C=O) groups excluding carboxylic acids is 2. The van der Waals surface area contributed by atoms with Crippen molar-refractivity contribution in [3.05, 3.63) is 23.5 Å². The lowest BCUT2D eigenvalue weighted by Gasteiger charge is -2.45. The summed E-state index contributed by atoms with van der Waals surface area (Å²) in [5.41, 5.74) is 1.85. The van der Waals surface area contributed by atoms with Gasteiger partial charge in [-0.3, -0.25) is 9.59 Å². The van der Waals surface area contributed by atoms with Gasteiger partial charge in [0.15, 0.2) is 11.6 Å². The van der Waals surface area contributed by atoms with Crippen LogP contribution in [0.5, 0.6) is 0 Å². The number of allylic oxidation sites excluding steroid dienone is 4. The molecular formula is C23H38O3Si. The van der Waals surface area contributed by atoms with E-state index in [-0.39, 0.29) is 28.8 Å². The van der Waals surface area contributed by atoms with Gasteiger partial charge in [0.25, 0.3) is 8.32 Å². The zero-order chi connectivity index (χ0) is 20.7. The number of ketones is 2. The predicted octanol–water partition coefficient (Wildman–Crippen LogP) is 6.21. The molecule has 2 aliphatic carbocycles. The first kappa shape index (κ1) is 22.1. The number of hydrogen-bond donors (Lipinski definition) is 0. The van der Waals surface area contributed by atoms with Crippen molar-refractivity contribution in [2.24, 2.45) is 17.3 Å². The first-order valence-corrected chi connectivity index (χ1v) is 12.6. The molecule has 0 spiro atoms. The van der Waals surface area contributed by atoms with Gasteiger partial charge in [-0.05, 0) is 40.6 Å². The van der Waals surface area contributed by atoms with Gasteiger partial charge in [0.2, 0.25) is 0 Å². The van der Waals surface area contributed by atoms with Crippen molar-refractivity contribution in [3.8, 4) is 0 Å². The molecule has 0 bridgehead atoms. The van der Waals surface area contributed by atoms with Gasteiger partial charge in [-0.2, -0.15) is 0 Å². The smallest absolute Gasteiger partial charge is 0.258 e. The minimum absolute atomic E-state index is 0.111. The number of fused-ring (bicyclic) bond motifs is 1. The van der Waals surface area contributed by atoms with Crippen molar-refractivity contribution in [3.63, 3.8) is 0 Å². The van der Waals surface area contributed by atoms with E-state index < -0.39 is 8.32 Å². The van der Waals surface area contributed by atoms with E-state index in [1.54, 1.807) is 6.08 Å². The van der Waals surface area contributed by atoms with Crippen LogP contribution in [0.15, 0.2) is 23.5 Å². The second-order valence-corrected chi connectivity index (χ2v) is 15.7. The van der Waals surface area contributed by atoms with E-state index in [4.69, 9.17) is 4.43 Å². The standard InChI is InChI=1S/C23H38O3Si/c1-14(2)27(15(3)4,16(5)6)26-17-10-11-18-19(12-17)22(25)20(13-21(18)24)23(7,8)9/h10,13-16,18-19H,11-12H2,1-9H3/t18-,19+/m0/s1. The molecule has 0 radical (unpaired) electrons. The number of Topliss-reactive ketones (excluding diaryl/α,β-unsaturated/α-hetero) is 1. The normalized spacial score (nSPS) is 24.3. The monoisotopic (exact) mass is 390 g/mol. The van der Waals surface area contributed by atoms with Crippen molar-refractivity contribution in [2.45, 2.75) is 91.8 Å². The Bertz CT molecular complexity index is 640. The molecule has 0 unspecified atom stereocenters. The third-order valence-electron chi connectivity index (χ3n) is 6.58. The minimum Gasteiger partial charge on any atom is -0.546 e. The van der Waals surface area contributed by atoms with Crippen LogP contribution in [0.25, 0.3) is 0 Å². The van der Waals surface area contributed by atoms with E-state index in [2.05, 4.69) is 47.6 Å². The Hall–Kier alpha value is -1.16. The predicted molar refractivity (Wildman–Crippen MR) is 114 cm³/mol. The van der Waals surface area contributed by atoms with Gasteiger partial charge in [-0.1, -0.05) is 62.3 Å². The van der Waals surface area contributed by atoms with Crippen LogP contribution in [0.2, 0.25) is 16.6 Å². The maximum atomic E-state index is 13.2. The molecule has 2 rings (SSSR count). The van der Waals surface area contributed by atoms with Crippen LogP contribution in [0.1, 0.15) is 75.2 Å². The summed E-state index contributed by atoms with van der Waals surface area (Å²) in [6, 6.07) is 0. The van der Waals surface area contributed by atoms with E-state index in [0.717, 1.165) is 5.76 Å². The fraction of sp³-hybridized carbons (Fsp3) is 0.739. The summed E-state index contributed by atoms with van der Waals surface area (Å²) < 4.78 is 6.83. The van der Waals surface area contributed by atoms with Gasteiger partial charge in [0.05, 0.1) is 5.76 Å². The van der Waals surface area contributed by atoms with Gasteiger partial charge in [-0.15, -0.1) is 0 Å². The Labute approximate surface area is 166 Å². The average molecular weight is 391 g/mol. The number of rotatable bonds is 5. The largest absolute Gasteiger partial charge is 0.546 e. The topological polar surface area (TPSA) is 43.4 Å². The molecule has 0 saturated heterocycles. The Morgan fingerprint density at radius 1 is 0.963 bits per heavy atom. The Morgan fingerprint density at radius 2 is 1.48 bits per heavy atom. The highest BCUT2D eigenvalue weighted by Crippen LogP contribution is 2.47. The lowest BCUT2D eigenvalue weighted by atomic mass is 9.67. The number of hydrogen-bond acceptors (Lipinski definition) is 3. The summed E-state index contributed by atoms with van der Waals surface area (Å²) in [5, 5.41) is 0. The molecule has 2 aliphatic rings. The summed E-state index contributed by atoms with van der Waals surface area (Å²) >= 11 is 0. The zero-order valence-corrected chi connectivity index (χ0v) is 19.7. The molecular weight excluding hydrogens is 352 g/mol. The van der Waals surface area contributed by atoms with Crippen LogP contribution >= 0.6 is 0 Å². The highest BCUT2D eigenvalue weighted by atomic mass is 28.4. The average Bonchev–Trinajstić information content (AvgIpc) is 2.53. The van der Waals surface area contributed by atoms with Crippen LogP contribution in [0.3, 0.4) is 0 Å². The molecule has 0 heterocycles. The van der Waals surface area contributed by atoms with Crippen molar-refractivity contribution >= 4 is 19.9 Å². The molecule has 27 heavy (non-hydrogen) atoms. The van der Waals surface area contributed by atoms with E-state index in [9.17, 15) is 9.59 Å². The summed E-state index contributed by atoms with van der Waals surface area (Å²) in [4.78, 5) is 25.8. The fourth-order valence-corrected chi connectivity index (χ4v) is 10.6. The lowest BCUT2D eigenvalue weighted by molar-refractivity contribution is -0.131. The lowest BCUT2D eigenvalue weighted by Crippen LogP contribution is -2.48. The van der Waals surface area contributed by atoms with Gasteiger partial charge < -0.3 is 4.43 Å². The van der Waals surface area contributed by atoms with Crippen LogP contribution in [-0.4, -0.2) is 19.9 Å².